The minimum Gasteiger partial charge on any atom is -0.313 e. The summed E-state index contributed by atoms with van der Waals surface area (Å²) >= 11 is 0. The van der Waals surface area contributed by atoms with Crippen LogP contribution in [0.2, 0.25) is 0 Å². The summed E-state index contributed by atoms with van der Waals surface area (Å²) in [5.41, 5.74) is 3.82. The Morgan fingerprint density at radius 1 is 1.17 bits per heavy atom. The number of hydrogen-bond acceptors (Lipinski definition) is 2. The van der Waals surface area contributed by atoms with Crippen LogP contribution in [0.25, 0.3) is 0 Å². The van der Waals surface area contributed by atoms with Gasteiger partial charge in [-0.2, -0.15) is 0 Å². The fourth-order valence-corrected chi connectivity index (χ4v) is 2.20. The SMILES string of the molecule is CNC(CCc1ccccn1)c1cccc(C)c1. The van der Waals surface area contributed by atoms with Crippen LogP contribution < -0.4 is 5.32 Å². The molecule has 1 N–H and O–H groups in total. The van der Waals surface area contributed by atoms with Gasteiger partial charge in [-0.1, -0.05) is 35.9 Å². The molecule has 0 spiro atoms. The van der Waals surface area contributed by atoms with Gasteiger partial charge < -0.3 is 5.32 Å². The molecule has 2 nitrogen and oxygen atoms in total. The number of hydrogen-bond donors (Lipinski definition) is 1. The van der Waals surface area contributed by atoms with E-state index in [4.69, 9.17) is 0 Å². The van der Waals surface area contributed by atoms with Crippen molar-refractivity contribution in [1.82, 2.24) is 10.3 Å². The van der Waals surface area contributed by atoms with Crippen LogP contribution in [0.4, 0.5) is 0 Å². The first-order valence-electron chi connectivity index (χ1n) is 6.43. The van der Waals surface area contributed by atoms with Crippen molar-refractivity contribution >= 4 is 0 Å². The topological polar surface area (TPSA) is 24.9 Å². The summed E-state index contributed by atoms with van der Waals surface area (Å²) in [6, 6.07) is 15.2. The lowest BCUT2D eigenvalue weighted by atomic mass is 9.99. The second-order valence-electron chi connectivity index (χ2n) is 4.62. The van der Waals surface area contributed by atoms with Gasteiger partial charge in [0.05, 0.1) is 0 Å². The van der Waals surface area contributed by atoms with Gasteiger partial charge in [-0.3, -0.25) is 4.98 Å². The van der Waals surface area contributed by atoms with Crippen molar-refractivity contribution in [2.24, 2.45) is 0 Å². The average Bonchev–Trinajstić information content (AvgIpc) is 2.41. The molecule has 1 aromatic carbocycles. The highest BCUT2D eigenvalue weighted by Crippen LogP contribution is 2.19. The Morgan fingerprint density at radius 3 is 2.72 bits per heavy atom. The lowest BCUT2D eigenvalue weighted by Gasteiger charge is -2.17. The summed E-state index contributed by atoms with van der Waals surface area (Å²) in [6.45, 7) is 2.13. The van der Waals surface area contributed by atoms with E-state index in [1.165, 1.54) is 11.1 Å². The molecule has 0 saturated carbocycles. The van der Waals surface area contributed by atoms with E-state index in [1.807, 2.05) is 25.4 Å². The molecule has 94 valence electrons. The monoisotopic (exact) mass is 240 g/mol. The molecule has 1 unspecified atom stereocenters. The molecule has 0 bridgehead atoms. The molecule has 1 aromatic heterocycles. The number of nitrogens with zero attached hydrogens (tertiary/aromatic N) is 1. The van der Waals surface area contributed by atoms with Crippen molar-refractivity contribution in [2.75, 3.05) is 7.05 Å². The Hall–Kier alpha value is -1.67. The van der Waals surface area contributed by atoms with Gasteiger partial charge in [-0.05, 0) is 44.5 Å². The van der Waals surface area contributed by atoms with Gasteiger partial charge in [0.25, 0.3) is 0 Å². The third-order valence-corrected chi connectivity index (χ3v) is 3.21. The molecular formula is C16H20N2. The number of pyridine rings is 1. The summed E-state index contributed by atoms with van der Waals surface area (Å²) < 4.78 is 0. The predicted molar refractivity (Wildman–Crippen MR) is 75.5 cm³/mol. The van der Waals surface area contributed by atoms with Gasteiger partial charge in [0.15, 0.2) is 0 Å². The normalized spacial score (nSPS) is 12.3. The largest absolute Gasteiger partial charge is 0.313 e. The zero-order valence-electron chi connectivity index (χ0n) is 11.1. The fourth-order valence-electron chi connectivity index (χ4n) is 2.20. The van der Waals surface area contributed by atoms with Crippen LogP contribution in [-0.4, -0.2) is 12.0 Å². The smallest absolute Gasteiger partial charge is 0.0404 e. The van der Waals surface area contributed by atoms with Gasteiger partial charge in [0.1, 0.15) is 0 Å². The first kappa shape index (κ1) is 12.8. The number of benzene rings is 1. The van der Waals surface area contributed by atoms with Gasteiger partial charge in [-0.25, -0.2) is 0 Å². The number of nitrogens with one attached hydrogen (secondary N) is 1. The quantitative estimate of drug-likeness (QED) is 0.867. The lowest BCUT2D eigenvalue weighted by Crippen LogP contribution is -2.17. The lowest BCUT2D eigenvalue weighted by molar-refractivity contribution is 0.545. The van der Waals surface area contributed by atoms with E-state index in [0.717, 1.165) is 18.5 Å². The second-order valence-corrected chi connectivity index (χ2v) is 4.62. The van der Waals surface area contributed by atoms with Crippen molar-refractivity contribution in [3.8, 4) is 0 Å². The third kappa shape index (κ3) is 3.41. The Balaban J connectivity index is 2.02. The van der Waals surface area contributed by atoms with Crippen molar-refractivity contribution < 1.29 is 0 Å². The van der Waals surface area contributed by atoms with Crippen molar-refractivity contribution in [2.45, 2.75) is 25.8 Å². The molecule has 1 atom stereocenters. The third-order valence-electron chi connectivity index (χ3n) is 3.21. The highest BCUT2D eigenvalue weighted by atomic mass is 14.9. The molecule has 0 fully saturated rings. The Labute approximate surface area is 109 Å². The van der Waals surface area contributed by atoms with Gasteiger partial charge in [0.2, 0.25) is 0 Å². The molecule has 0 aliphatic heterocycles. The molecule has 0 saturated heterocycles. The molecule has 0 amide bonds. The maximum absolute atomic E-state index is 4.37. The summed E-state index contributed by atoms with van der Waals surface area (Å²) in [7, 11) is 2.02. The number of aryl methyl sites for hydroxylation is 2. The predicted octanol–water partition coefficient (Wildman–Crippen LogP) is 3.28. The van der Waals surface area contributed by atoms with E-state index < -0.39 is 0 Å². The molecule has 1 heterocycles. The first-order chi connectivity index (χ1) is 8.79. The van der Waals surface area contributed by atoms with Crippen LogP contribution in [0.5, 0.6) is 0 Å². The Morgan fingerprint density at radius 2 is 2.06 bits per heavy atom. The molecule has 0 aliphatic rings. The Bertz CT molecular complexity index is 479. The standard InChI is InChI=1S/C16H20N2/c1-13-6-5-7-14(12-13)16(17-2)10-9-15-8-3-4-11-18-15/h3-8,11-12,16-17H,9-10H2,1-2H3. The second kappa shape index (κ2) is 6.31. The van der Waals surface area contributed by atoms with E-state index in [-0.39, 0.29) is 0 Å². The van der Waals surface area contributed by atoms with Crippen LogP contribution in [0.15, 0.2) is 48.7 Å². The summed E-state index contributed by atoms with van der Waals surface area (Å²) in [6.07, 6.45) is 3.92. The number of aromatic nitrogens is 1. The van der Waals surface area contributed by atoms with Crippen LogP contribution in [0.1, 0.15) is 29.3 Å². The fraction of sp³-hybridized carbons (Fsp3) is 0.312. The first-order valence-corrected chi connectivity index (χ1v) is 6.43. The van der Waals surface area contributed by atoms with Crippen LogP contribution in [-0.2, 0) is 6.42 Å². The van der Waals surface area contributed by atoms with Gasteiger partial charge in [-0.15, -0.1) is 0 Å². The van der Waals surface area contributed by atoms with E-state index >= 15 is 0 Å². The number of rotatable bonds is 5. The summed E-state index contributed by atoms with van der Waals surface area (Å²) in [5.74, 6) is 0. The molecule has 0 aliphatic carbocycles. The zero-order chi connectivity index (χ0) is 12.8. The molecular weight excluding hydrogens is 220 g/mol. The van der Waals surface area contributed by atoms with Gasteiger partial charge in [0, 0.05) is 17.9 Å². The van der Waals surface area contributed by atoms with Crippen molar-refractivity contribution in [3.05, 3.63) is 65.5 Å². The van der Waals surface area contributed by atoms with E-state index in [0.29, 0.717) is 6.04 Å². The summed E-state index contributed by atoms with van der Waals surface area (Å²) in [4.78, 5) is 4.37. The van der Waals surface area contributed by atoms with E-state index in [1.54, 1.807) is 0 Å². The highest BCUT2D eigenvalue weighted by molar-refractivity contribution is 5.25. The maximum atomic E-state index is 4.37. The highest BCUT2D eigenvalue weighted by Gasteiger charge is 2.09. The molecule has 2 heteroatoms. The minimum atomic E-state index is 0.395. The molecule has 2 rings (SSSR count). The van der Waals surface area contributed by atoms with Crippen molar-refractivity contribution in [1.29, 1.82) is 0 Å². The Kier molecular flexibility index (Phi) is 4.48. The summed E-state index contributed by atoms with van der Waals surface area (Å²) in [5, 5.41) is 3.39. The average molecular weight is 240 g/mol. The van der Waals surface area contributed by atoms with Crippen LogP contribution >= 0.6 is 0 Å². The molecule has 0 radical (unpaired) electrons. The molecule has 18 heavy (non-hydrogen) atoms. The van der Waals surface area contributed by atoms with Crippen molar-refractivity contribution in [3.63, 3.8) is 0 Å². The van der Waals surface area contributed by atoms with Crippen LogP contribution in [0, 0.1) is 6.92 Å². The maximum Gasteiger partial charge on any atom is 0.0404 e. The van der Waals surface area contributed by atoms with Gasteiger partial charge >= 0.3 is 0 Å². The van der Waals surface area contributed by atoms with E-state index in [2.05, 4.69) is 47.6 Å². The van der Waals surface area contributed by atoms with Crippen LogP contribution in [0.3, 0.4) is 0 Å². The van der Waals surface area contributed by atoms with E-state index in [9.17, 15) is 0 Å². The zero-order valence-corrected chi connectivity index (χ0v) is 11.1. The minimum absolute atomic E-state index is 0.395. The molecule has 2 aromatic rings.